The van der Waals surface area contributed by atoms with Crippen molar-refractivity contribution in [3.63, 3.8) is 0 Å². The SMILES string of the molecule is Cc1c(C)c(Cc2ccc(N)cc2)c(C)c(C)c1CCCCCCCCCCCCCCc1c(C)c(C)c(Cc2ccc(N)cc2)c(C)c1C. The molecule has 0 atom stereocenters. The Kier molecular flexibility index (Phi) is 15.1. The summed E-state index contributed by atoms with van der Waals surface area (Å²) in [5.41, 5.74) is 34.3. The highest BCUT2D eigenvalue weighted by molar-refractivity contribution is 5.53. The fraction of sp³-hybridized carbons (Fsp3) is 0.500. The van der Waals surface area contributed by atoms with Crippen molar-refractivity contribution >= 4 is 11.4 Å². The minimum Gasteiger partial charge on any atom is -0.399 e. The molecule has 0 saturated heterocycles. The van der Waals surface area contributed by atoms with Crippen LogP contribution in [-0.2, 0) is 25.7 Å². The lowest BCUT2D eigenvalue weighted by atomic mass is 9.84. The molecule has 0 amide bonds. The summed E-state index contributed by atoms with van der Waals surface area (Å²) in [6, 6.07) is 16.8. The summed E-state index contributed by atoms with van der Waals surface area (Å²) in [6.07, 6.45) is 20.9. The Balaban J connectivity index is 1.07. The van der Waals surface area contributed by atoms with E-state index < -0.39 is 0 Å². The highest BCUT2D eigenvalue weighted by atomic mass is 14.5. The van der Waals surface area contributed by atoms with E-state index in [1.54, 1.807) is 11.1 Å². The second-order valence-corrected chi connectivity index (χ2v) is 15.5. The van der Waals surface area contributed by atoms with E-state index in [9.17, 15) is 0 Å². The Morgan fingerprint density at radius 2 is 0.520 bits per heavy atom. The van der Waals surface area contributed by atoms with Crippen LogP contribution in [0.1, 0.15) is 155 Å². The molecule has 2 heteroatoms. The highest BCUT2D eigenvalue weighted by Gasteiger charge is 2.16. The van der Waals surface area contributed by atoms with Crippen molar-refractivity contribution in [2.24, 2.45) is 0 Å². The molecule has 4 aromatic rings. The van der Waals surface area contributed by atoms with Crippen molar-refractivity contribution in [2.75, 3.05) is 11.5 Å². The van der Waals surface area contributed by atoms with Crippen molar-refractivity contribution in [2.45, 2.75) is 158 Å². The predicted octanol–water partition coefficient (Wildman–Crippen LogP) is 13.0. The zero-order chi connectivity index (χ0) is 36.2. The monoisotopic (exact) mass is 673 g/mol. The summed E-state index contributed by atoms with van der Waals surface area (Å²) in [4.78, 5) is 0. The summed E-state index contributed by atoms with van der Waals surface area (Å²) in [5.74, 6) is 0. The van der Waals surface area contributed by atoms with Gasteiger partial charge in [0.05, 0.1) is 0 Å². The van der Waals surface area contributed by atoms with Gasteiger partial charge in [-0.15, -0.1) is 0 Å². The second-order valence-electron chi connectivity index (χ2n) is 15.5. The Hall–Kier alpha value is -3.52. The molecule has 0 aliphatic carbocycles. The van der Waals surface area contributed by atoms with Crippen LogP contribution in [0.15, 0.2) is 48.5 Å². The molecule has 0 bridgehead atoms. The number of unbranched alkanes of at least 4 members (excludes halogenated alkanes) is 11. The zero-order valence-corrected chi connectivity index (χ0v) is 33.1. The third-order valence-corrected chi connectivity index (χ3v) is 12.2. The van der Waals surface area contributed by atoms with Crippen molar-refractivity contribution in [3.05, 3.63) is 126 Å². The summed E-state index contributed by atoms with van der Waals surface area (Å²) >= 11 is 0. The second kappa shape index (κ2) is 19.2. The molecule has 0 spiro atoms. The summed E-state index contributed by atoms with van der Waals surface area (Å²) in [6.45, 7) is 18.7. The van der Waals surface area contributed by atoms with Crippen LogP contribution in [0.2, 0.25) is 0 Å². The van der Waals surface area contributed by atoms with Crippen molar-refractivity contribution in [3.8, 4) is 0 Å². The molecule has 0 aromatic heterocycles. The third kappa shape index (κ3) is 10.5. The molecule has 4 rings (SSSR count). The quantitative estimate of drug-likeness (QED) is 0.0769. The van der Waals surface area contributed by atoms with Gasteiger partial charge < -0.3 is 11.5 Å². The molecule has 0 aliphatic rings. The molecular formula is C48H68N2. The maximum atomic E-state index is 5.91. The Bertz CT molecular complexity index is 1490. The van der Waals surface area contributed by atoms with Gasteiger partial charge in [0.15, 0.2) is 0 Å². The normalized spacial score (nSPS) is 11.4. The van der Waals surface area contributed by atoms with Gasteiger partial charge in [0.2, 0.25) is 0 Å². The average molecular weight is 673 g/mol. The molecule has 0 heterocycles. The minimum absolute atomic E-state index is 0.836. The van der Waals surface area contributed by atoms with Gasteiger partial charge in [-0.2, -0.15) is 0 Å². The molecule has 0 fully saturated rings. The maximum absolute atomic E-state index is 5.91. The molecular weight excluding hydrogens is 605 g/mol. The van der Waals surface area contributed by atoms with E-state index >= 15 is 0 Å². The fourth-order valence-electron chi connectivity index (χ4n) is 8.27. The van der Waals surface area contributed by atoms with Gasteiger partial charge in [-0.1, -0.05) is 88.5 Å². The van der Waals surface area contributed by atoms with Gasteiger partial charge >= 0.3 is 0 Å². The first-order valence-electron chi connectivity index (χ1n) is 19.8. The van der Waals surface area contributed by atoms with Crippen molar-refractivity contribution in [1.82, 2.24) is 0 Å². The first kappa shape index (κ1) is 39.3. The number of nitrogen functional groups attached to an aromatic ring is 2. The number of hydrogen-bond donors (Lipinski definition) is 2. The van der Waals surface area contributed by atoms with Gasteiger partial charge in [0.1, 0.15) is 0 Å². The van der Waals surface area contributed by atoms with Gasteiger partial charge in [0, 0.05) is 11.4 Å². The Morgan fingerprint density at radius 1 is 0.300 bits per heavy atom. The third-order valence-electron chi connectivity index (χ3n) is 12.2. The molecule has 0 radical (unpaired) electrons. The Labute approximate surface area is 306 Å². The molecule has 50 heavy (non-hydrogen) atoms. The van der Waals surface area contributed by atoms with Crippen LogP contribution in [0.25, 0.3) is 0 Å². The fourth-order valence-corrected chi connectivity index (χ4v) is 8.27. The number of benzene rings is 4. The molecule has 0 saturated carbocycles. The van der Waals surface area contributed by atoms with Gasteiger partial charge in [0.25, 0.3) is 0 Å². The first-order valence-corrected chi connectivity index (χ1v) is 19.8. The smallest absolute Gasteiger partial charge is 0.0314 e. The van der Waals surface area contributed by atoms with Gasteiger partial charge in [-0.05, 0) is 196 Å². The minimum atomic E-state index is 0.836. The van der Waals surface area contributed by atoms with Crippen molar-refractivity contribution in [1.29, 1.82) is 0 Å². The number of rotatable bonds is 19. The van der Waals surface area contributed by atoms with E-state index in [0.29, 0.717) is 0 Å². The van der Waals surface area contributed by atoms with Gasteiger partial charge in [-0.3, -0.25) is 0 Å². The lowest BCUT2D eigenvalue weighted by Gasteiger charge is -2.21. The summed E-state index contributed by atoms with van der Waals surface area (Å²) < 4.78 is 0. The van der Waals surface area contributed by atoms with Crippen LogP contribution in [0.4, 0.5) is 11.4 Å². The van der Waals surface area contributed by atoms with Crippen LogP contribution in [0.3, 0.4) is 0 Å². The van der Waals surface area contributed by atoms with Crippen LogP contribution in [-0.4, -0.2) is 0 Å². The van der Waals surface area contributed by atoms with E-state index in [1.165, 1.54) is 157 Å². The standard InChI is InChI=1S/C48H68N2/c1-33-37(5)47(31-41-23-27-43(49)28-24-41)38(6)34(2)45(33)21-19-17-15-13-11-9-10-12-14-16-18-20-22-46-35(3)39(7)48(40(8)36(46)4)32-42-25-29-44(50)30-26-42/h23-30H,9-22,31-32,49-50H2,1-8H3. The van der Waals surface area contributed by atoms with Crippen LogP contribution in [0, 0.1) is 55.4 Å². The predicted molar refractivity (Wildman–Crippen MR) is 221 cm³/mol. The summed E-state index contributed by atoms with van der Waals surface area (Å²) in [7, 11) is 0. The summed E-state index contributed by atoms with van der Waals surface area (Å²) in [5, 5.41) is 0. The molecule has 4 N–H and O–H groups in total. The van der Waals surface area contributed by atoms with E-state index in [4.69, 9.17) is 11.5 Å². The maximum Gasteiger partial charge on any atom is 0.0314 e. The van der Waals surface area contributed by atoms with E-state index in [1.807, 2.05) is 24.3 Å². The van der Waals surface area contributed by atoms with Gasteiger partial charge in [-0.25, -0.2) is 0 Å². The number of anilines is 2. The lowest BCUT2D eigenvalue weighted by molar-refractivity contribution is 0.540. The van der Waals surface area contributed by atoms with Crippen LogP contribution >= 0.6 is 0 Å². The number of nitrogens with two attached hydrogens (primary N) is 2. The zero-order valence-electron chi connectivity index (χ0n) is 33.1. The van der Waals surface area contributed by atoms with E-state index in [-0.39, 0.29) is 0 Å². The molecule has 0 aliphatic heterocycles. The topological polar surface area (TPSA) is 52.0 Å². The largest absolute Gasteiger partial charge is 0.399 e. The van der Waals surface area contributed by atoms with E-state index in [0.717, 1.165) is 24.2 Å². The highest BCUT2D eigenvalue weighted by Crippen LogP contribution is 2.32. The number of hydrogen-bond acceptors (Lipinski definition) is 2. The molecule has 270 valence electrons. The van der Waals surface area contributed by atoms with Crippen molar-refractivity contribution < 1.29 is 0 Å². The lowest BCUT2D eigenvalue weighted by Crippen LogP contribution is -2.06. The van der Waals surface area contributed by atoms with Crippen LogP contribution in [0.5, 0.6) is 0 Å². The van der Waals surface area contributed by atoms with E-state index in [2.05, 4.69) is 79.7 Å². The average Bonchev–Trinajstić information content (AvgIpc) is 3.11. The molecule has 0 unspecified atom stereocenters. The van der Waals surface area contributed by atoms with Crippen LogP contribution < -0.4 is 11.5 Å². The molecule has 4 aromatic carbocycles. The Morgan fingerprint density at radius 3 is 0.780 bits per heavy atom. The first-order chi connectivity index (χ1) is 24.0. The molecule has 2 nitrogen and oxygen atoms in total.